The maximum Gasteiger partial charge on any atom is 0.331 e. The van der Waals surface area contributed by atoms with Gasteiger partial charge < -0.3 is 9.64 Å². The van der Waals surface area contributed by atoms with Crippen LogP contribution in [-0.2, 0) is 10.0 Å². The molecule has 2 aliphatic rings. The standard InChI is InChI=1S/C25H31Cl2N3O4S/c1-17-4-3-5-18(2)24(17)35(32,33)28-25(31)30-12-8-19(9-13-30)29-14-10-20(11-15-29)34-21-6-7-22(26)23(27)16-21/h3-7,16,19-20H,8-15H2,1-2H3,(H,28,31). The van der Waals surface area contributed by atoms with E-state index in [0.717, 1.165) is 44.5 Å². The van der Waals surface area contributed by atoms with Crippen LogP contribution in [0, 0.1) is 13.8 Å². The van der Waals surface area contributed by atoms with Crippen molar-refractivity contribution in [3.63, 3.8) is 0 Å². The molecule has 2 amide bonds. The van der Waals surface area contributed by atoms with E-state index in [1.54, 1.807) is 49.1 Å². The summed E-state index contributed by atoms with van der Waals surface area (Å²) in [4.78, 5) is 17.0. The molecule has 1 N–H and O–H groups in total. The third-order valence-corrected chi connectivity index (χ3v) is 9.20. The van der Waals surface area contributed by atoms with Crippen molar-refractivity contribution in [3.05, 3.63) is 57.6 Å². The SMILES string of the molecule is Cc1cccc(C)c1S(=O)(=O)NC(=O)N1CCC(N2CCC(Oc3ccc(Cl)c(Cl)c3)CC2)CC1. The number of rotatable bonds is 5. The van der Waals surface area contributed by atoms with E-state index in [2.05, 4.69) is 9.62 Å². The van der Waals surface area contributed by atoms with Crippen LogP contribution in [0.2, 0.25) is 10.0 Å². The Hall–Kier alpha value is -2.00. The Morgan fingerprint density at radius 2 is 1.57 bits per heavy atom. The highest BCUT2D eigenvalue weighted by atomic mass is 35.5. The number of sulfonamides is 1. The minimum atomic E-state index is -3.92. The van der Waals surface area contributed by atoms with Crippen LogP contribution in [0.5, 0.6) is 5.75 Å². The van der Waals surface area contributed by atoms with Crippen LogP contribution in [0.3, 0.4) is 0 Å². The van der Waals surface area contributed by atoms with E-state index in [4.69, 9.17) is 27.9 Å². The molecule has 2 aromatic rings. The first-order chi connectivity index (χ1) is 16.6. The summed E-state index contributed by atoms with van der Waals surface area (Å²) >= 11 is 12.1. The normalized spacial score (nSPS) is 18.5. The molecule has 0 aliphatic carbocycles. The summed E-state index contributed by atoms with van der Waals surface area (Å²) < 4.78 is 34.0. The van der Waals surface area contributed by atoms with Gasteiger partial charge in [0.15, 0.2) is 0 Å². The molecule has 0 saturated carbocycles. The van der Waals surface area contributed by atoms with Gasteiger partial charge in [0.1, 0.15) is 11.9 Å². The first-order valence-electron chi connectivity index (χ1n) is 11.9. The topological polar surface area (TPSA) is 79.0 Å². The number of nitrogens with one attached hydrogen (secondary N) is 1. The summed E-state index contributed by atoms with van der Waals surface area (Å²) in [5.74, 6) is 0.730. The number of urea groups is 1. The molecule has 4 rings (SSSR count). The molecule has 0 unspecified atom stereocenters. The second kappa shape index (κ2) is 10.9. The van der Waals surface area contributed by atoms with Crippen LogP contribution in [0.15, 0.2) is 41.3 Å². The molecule has 2 aliphatic heterocycles. The van der Waals surface area contributed by atoms with Gasteiger partial charge in [-0.2, -0.15) is 0 Å². The Balaban J connectivity index is 1.25. The largest absolute Gasteiger partial charge is 0.490 e. The first-order valence-corrected chi connectivity index (χ1v) is 14.1. The average molecular weight is 541 g/mol. The molecule has 0 aromatic heterocycles. The molecule has 0 bridgehead atoms. The summed E-state index contributed by atoms with van der Waals surface area (Å²) in [6, 6.07) is 10.4. The van der Waals surface area contributed by atoms with E-state index in [-0.39, 0.29) is 11.0 Å². The monoisotopic (exact) mass is 539 g/mol. The summed E-state index contributed by atoms with van der Waals surface area (Å²) in [6.45, 7) is 6.36. The van der Waals surface area contributed by atoms with Crippen LogP contribution in [0.25, 0.3) is 0 Å². The van der Waals surface area contributed by atoms with Crippen LogP contribution in [0.1, 0.15) is 36.8 Å². The minimum absolute atomic E-state index is 0.129. The van der Waals surface area contributed by atoms with Gasteiger partial charge in [0.25, 0.3) is 10.0 Å². The number of likely N-dealkylation sites (tertiary alicyclic amines) is 2. The number of carbonyl (C=O) groups is 1. The molecule has 0 spiro atoms. The lowest BCUT2D eigenvalue weighted by Crippen LogP contribution is -2.52. The van der Waals surface area contributed by atoms with Gasteiger partial charge in [-0.15, -0.1) is 0 Å². The number of amides is 2. The van der Waals surface area contributed by atoms with Gasteiger partial charge in [-0.3, -0.25) is 4.90 Å². The summed E-state index contributed by atoms with van der Waals surface area (Å²) in [7, 11) is -3.92. The van der Waals surface area contributed by atoms with Gasteiger partial charge in [0.2, 0.25) is 0 Å². The van der Waals surface area contributed by atoms with E-state index in [1.807, 2.05) is 6.07 Å². The highest BCUT2D eigenvalue weighted by molar-refractivity contribution is 7.90. The van der Waals surface area contributed by atoms with Crippen molar-refractivity contribution in [1.82, 2.24) is 14.5 Å². The number of halogens is 2. The molecule has 190 valence electrons. The van der Waals surface area contributed by atoms with Crippen LogP contribution < -0.4 is 9.46 Å². The highest BCUT2D eigenvalue weighted by Gasteiger charge is 2.32. The fourth-order valence-corrected chi connectivity index (χ4v) is 6.72. The molecule has 10 heteroatoms. The summed E-state index contributed by atoms with van der Waals surface area (Å²) in [5.41, 5.74) is 1.24. The number of ether oxygens (including phenoxy) is 1. The van der Waals surface area contributed by atoms with Gasteiger partial charge in [-0.1, -0.05) is 41.4 Å². The van der Waals surface area contributed by atoms with Gasteiger partial charge in [-0.05, 0) is 62.8 Å². The Morgan fingerprint density at radius 3 is 2.17 bits per heavy atom. The van der Waals surface area contributed by atoms with Gasteiger partial charge >= 0.3 is 6.03 Å². The fraction of sp³-hybridized carbons (Fsp3) is 0.480. The van der Waals surface area contributed by atoms with E-state index < -0.39 is 16.1 Å². The predicted octanol–water partition coefficient (Wildman–Crippen LogP) is 5.02. The molecule has 0 radical (unpaired) electrons. The molecule has 2 saturated heterocycles. The van der Waals surface area contributed by atoms with Gasteiger partial charge in [0, 0.05) is 38.3 Å². The molecule has 2 heterocycles. The lowest BCUT2D eigenvalue weighted by Gasteiger charge is -2.41. The summed E-state index contributed by atoms with van der Waals surface area (Å²) in [6.07, 6.45) is 3.58. The molecule has 2 fully saturated rings. The highest BCUT2D eigenvalue weighted by Crippen LogP contribution is 2.29. The molecule has 7 nitrogen and oxygen atoms in total. The van der Waals surface area contributed by atoms with E-state index in [0.29, 0.717) is 40.3 Å². The molecular weight excluding hydrogens is 509 g/mol. The minimum Gasteiger partial charge on any atom is -0.490 e. The molecule has 0 atom stereocenters. The molecule has 35 heavy (non-hydrogen) atoms. The lowest BCUT2D eigenvalue weighted by molar-refractivity contribution is 0.0540. The van der Waals surface area contributed by atoms with Crippen molar-refractivity contribution in [3.8, 4) is 5.75 Å². The zero-order chi connectivity index (χ0) is 25.2. The fourth-order valence-electron chi connectivity index (χ4n) is 4.99. The number of benzene rings is 2. The zero-order valence-corrected chi connectivity index (χ0v) is 22.3. The van der Waals surface area contributed by atoms with Crippen molar-refractivity contribution in [2.45, 2.75) is 56.6 Å². The van der Waals surface area contributed by atoms with Crippen molar-refractivity contribution < 1.29 is 17.9 Å². The number of piperidine rings is 2. The number of hydrogen-bond acceptors (Lipinski definition) is 5. The van der Waals surface area contributed by atoms with Crippen molar-refractivity contribution in [2.24, 2.45) is 0 Å². The number of aryl methyl sites for hydroxylation is 2. The van der Waals surface area contributed by atoms with Crippen molar-refractivity contribution in [2.75, 3.05) is 26.2 Å². The zero-order valence-electron chi connectivity index (χ0n) is 20.0. The van der Waals surface area contributed by atoms with E-state index in [1.165, 1.54) is 0 Å². The quantitative estimate of drug-likeness (QED) is 0.577. The van der Waals surface area contributed by atoms with E-state index in [9.17, 15) is 13.2 Å². The van der Waals surface area contributed by atoms with Crippen molar-refractivity contribution in [1.29, 1.82) is 0 Å². The number of hydrogen-bond donors (Lipinski definition) is 1. The maximum absolute atomic E-state index is 12.8. The first kappa shape index (κ1) is 26.1. The van der Waals surface area contributed by atoms with Crippen LogP contribution >= 0.6 is 23.2 Å². The van der Waals surface area contributed by atoms with Gasteiger partial charge in [0.05, 0.1) is 14.9 Å². The van der Waals surface area contributed by atoms with Crippen molar-refractivity contribution >= 4 is 39.3 Å². The number of carbonyl (C=O) groups excluding carboxylic acids is 1. The summed E-state index contributed by atoms with van der Waals surface area (Å²) in [5, 5.41) is 0.996. The third kappa shape index (κ3) is 6.23. The van der Waals surface area contributed by atoms with Crippen LogP contribution in [0.4, 0.5) is 4.79 Å². The van der Waals surface area contributed by atoms with Crippen LogP contribution in [-0.4, -0.2) is 62.6 Å². The molecular formula is C25H31Cl2N3O4S. The third-order valence-electron chi connectivity index (χ3n) is 6.84. The second-order valence-corrected chi connectivity index (χ2v) is 11.7. The average Bonchev–Trinajstić information content (AvgIpc) is 2.81. The Bertz CT molecular complexity index is 1150. The smallest absolute Gasteiger partial charge is 0.331 e. The Morgan fingerprint density at radius 1 is 0.943 bits per heavy atom. The lowest BCUT2D eigenvalue weighted by atomic mass is 9.99. The van der Waals surface area contributed by atoms with Gasteiger partial charge in [-0.25, -0.2) is 17.9 Å². The molecule has 2 aromatic carbocycles. The second-order valence-electron chi connectivity index (χ2n) is 9.28. The number of nitrogens with zero attached hydrogens (tertiary/aromatic N) is 2. The van der Waals surface area contributed by atoms with E-state index >= 15 is 0 Å². The maximum atomic E-state index is 12.8. The Kier molecular flexibility index (Phi) is 8.16. The Labute approximate surface area is 217 Å². The predicted molar refractivity (Wildman–Crippen MR) is 138 cm³/mol.